The fraction of sp³-hybridized carbons (Fsp3) is 0.769. The lowest BCUT2D eigenvalue weighted by atomic mass is 10.5. The van der Waals surface area contributed by atoms with Crippen molar-refractivity contribution in [2.45, 2.75) is 26.4 Å². The van der Waals surface area contributed by atoms with Crippen molar-refractivity contribution in [3.63, 3.8) is 0 Å². The van der Waals surface area contributed by atoms with E-state index in [4.69, 9.17) is 14.2 Å². The third kappa shape index (κ3) is 6.74. The first-order valence-electron chi connectivity index (χ1n) is 6.56. The van der Waals surface area contributed by atoms with Gasteiger partial charge in [0.2, 0.25) is 6.33 Å². The summed E-state index contributed by atoms with van der Waals surface area (Å²) in [5.74, 6) is 0. The van der Waals surface area contributed by atoms with Gasteiger partial charge in [-0.05, 0) is 6.42 Å². The Bertz CT molecular complexity index is 302. The minimum atomic E-state index is 0.672. The third-order valence-electron chi connectivity index (χ3n) is 2.51. The SMILES string of the molecule is CCCOCCOCC[n+]1ccn(CCOC)c1. The Hall–Kier alpha value is -0.910. The zero-order valence-corrected chi connectivity index (χ0v) is 11.5. The molecule has 0 aliphatic rings. The fourth-order valence-electron chi connectivity index (χ4n) is 1.54. The molecule has 0 amide bonds. The summed E-state index contributed by atoms with van der Waals surface area (Å²) in [4.78, 5) is 0. The average molecular weight is 257 g/mol. The maximum atomic E-state index is 5.49. The second kappa shape index (κ2) is 10.1. The van der Waals surface area contributed by atoms with Crippen LogP contribution in [-0.4, -0.2) is 44.7 Å². The summed E-state index contributed by atoms with van der Waals surface area (Å²) in [7, 11) is 1.71. The van der Waals surface area contributed by atoms with Crippen molar-refractivity contribution in [2.75, 3.05) is 40.1 Å². The van der Waals surface area contributed by atoms with E-state index < -0.39 is 0 Å². The molecule has 1 aromatic heterocycles. The van der Waals surface area contributed by atoms with E-state index in [0.717, 1.165) is 32.7 Å². The van der Waals surface area contributed by atoms with Gasteiger partial charge in [-0.25, -0.2) is 9.13 Å². The standard InChI is InChI=1S/C13H25N2O3/c1-3-8-17-11-12-18-10-7-15-5-4-14(13-15)6-9-16-2/h4-5,13H,3,6-12H2,1-2H3/q+1. The fourth-order valence-corrected chi connectivity index (χ4v) is 1.54. The summed E-state index contributed by atoms with van der Waals surface area (Å²) in [5.41, 5.74) is 0. The Balaban J connectivity index is 2.03. The molecule has 1 rings (SSSR count). The molecule has 1 aromatic rings. The number of imidazole rings is 1. The molecule has 104 valence electrons. The molecule has 0 atom stereocenters. The van der Waals surface area contributed by atoms with E-state index in [1.807, 2.05) is 12.4 Å². The maximum Gasteiger partial charge on any atom is 0.243 e. The van der Waals surface area contributed by atoms with Crippen LogP contribution in [0.3, 0.4) is 0 Å². The molecule has 0 saturated carbocycles. The Morgan fingerprint density at radius 3 is 2.56 bits per heavy atom. The van der Waals surface area contributed by atoms with Crippen LogP contribution >= 0.6 is 0 Å². The van der Waals surface area contributed by atoms with Gasteiger partial charge < -0.3 is 14.2 Å². The molecular formula is C13H25N2O3+. The Morgan fingerprint density at radius 2 is 1.83 bits per heavy atom. The molecule has 18 heavy (non-hydrogen) atoms. The molecule has 5 nitrogen and oxygen atoms in total. The zero-order chi connectivity index (χ0) is 13.1. The molecule has 0 saturated heterocycles. The summed E-state index contributed by atoms with van der Waals surface area (Å²) in [6, 6.07) is 0. The molecule has 0 aliphatic carbocycles. The van der Waals surface area contributed by atoms with Crippen LogP contribution in [0, 0.1) is 0 Å². The third-order valence-corrected chi connectivity index (χ3v) is 2.51. The van der Waals surface area contributed by atoms with E-state index in [0.29, 0.717) is 19.8 Å². The van der Waals surface area contributed by atoms with E-state index in [2.05, 4.69) is 22.4 Å². The first-order chi connectivity index (χ1) is 8.86. The average Bonchev–Trinajstić information content (AvgIpc) is 2.83. The van der Waals surface area contributed by atoms with Gasteiger partial charge in [0.1, 0.15) is 25.5 Å². The number of rotatable bonds is 11. The largest absolute Gasteiger partial charge is 0.381 e. The highest BCUT2D eigenvalue weighted by Crippen LogP contribution is 1.86. The highest BCUT2D eigenvalue weighted by atomic mass is 16.5. The summed E-state index contributed by atoms with van der Waals surface area (Å²) in [5, 5.41) is 0. The van der Waals surface area contributed by atoms with Crippen LogP contribution in [0.2, 0.25) is 0 Å². The van der Waals surface area contributed by atoms with Gasteiger partial charge in [0.05, 0.1) is 26.4 Å². The van der Waals surface area contributed by atoms with Crippen molar-refractivity contribution >= 4 is 0 Å². The van der Waals surface area contributed by atoms with Gasteiger partial charge in [-0.1, -0.05) is 6.92 Å². The number of hydrogen-bond donors (Lipinski definition) is 0. The summed E-state index contributed by atoms with van der Waals surface area (Å²) in [6.07, 6.45) is 7.22. The Labute approximate surface area is 109 Å². The second-order valence-electron chi connectivity index (χ2n) is 4.11. The molecule has 5 heteroatoms. The first-order valence-corrected chi connectivity index (χ1v) is 6.56. The molecular weight excluding hydrogens is 232 g/mol. The molecule has 0 aromatic carbocycles. The quantitative estimate of drug-likeness (QED) is 0.436. The Kier molecular flexibility index (Phi) is 8.46. The van der Waals surface area contributed by atoms with Crippen LogP contribution in [0.5, 0.6) is 0 Å². The number of hydrogen-bond acceptors (Lipinski definition) is 3. The van der Waals surface area contributed by atoms with Gasteiger partial charge in [0.15, 0.2) is 0 Å². The van der Waals surface area contributed by atoms with Crippen molar-refractivity contribution in [3.8, 4) is 0 Å². The van der Waals surface area contributed by atoms with Crippen LogP contribution in [0.25, 0.3) is 0 Å². The highest BCUT2D eigenvalue weighted by molar-refractivity contribution is 4.65. The molecule has 0 N–H and O–H groups in total. The van der Waals surface area contributed by atoms with E-state index in [1.54, 1.807) is 7.11 Å². The van der Waals surface area contributed by atoms with Crippen LogP contribution in [-0.2, 0) is 27.3 Å². The van der Waals surface area contributed by atoms with Gasteiger partial charge in [0, 0.05) is 13.7 Å². The van der Waals surface area contributed by atoms with Gasteiger partial charge in [-0.15, -0.1) is 0 Å². The van der Waals surface area contributed by atoms with Crippen molar-refractivity contribution in [1.82, 2.24) is 4.57 Å². The van der Waals surface area contributed by atoms with Crippen molar-refractivity contribution < 1.29 is 18.8 Å². The van der Waals surface area contributed by atoms with Gasteiger partial charge in [0.25, 0.3) is 0 Å². The normalized spacial score (nSPS) is 11.0. The van der Waals surface area contributed by atoms with E-state index in [-0.39, 0.29) is 0 Å². The summed E-state index contributed by atoms with van der Waals surface area (Å²) in [6.45, 7) is 7.49. The topological polar surface area (TPSA) is 36.5 Å². The van der Waals surface area contributed by atoms with Crippen LogP contribution < -0.4 is 4.57 Å². The Morgan fingerprint density at radius 1 is 1.06 bits per heavy atom. The van der Waals surface area contributed by atoms with Crippen molar-refractivity contribution in [2.24, 2.45) is 0 Å². The number of nitrogens with zero attached hydrogens (tertiary/aromatic N) is 2. The van der Waals surface area contributed by atoms with Crippen LogP contribution in [0.1, 0.15) is 13.3 Å². The van der Waals surface area contributed by atoms with Crippen LogP contribution in [0.4, 0.5) is 0 Å². The number of methoxy groups -OCH3 is 1. The van der Waals surface area contributed by atoms with E-state index in [9.17, 15) is 0 Å². The molecule has 0 radical (unpaired) electrons. The molecule has 0 aliphatic heterocycles. The lowest BCUT2D eigenvalue weighted by Crippen LogP contribution is -2.34. The lowest BCUT2D eigenvalue weighted by Gasteiger charge is -2.03. The lowest BCUT2D eigenvalue weighted by molar-refractivity contribution is -0.698. The molecule has 0 unspecified atom stereocenters. The summed E-state index contributed by atoms with van der Waals surface area (Å²) < 4.78 is 20.1. The smallest absolute Gasteiger partial charge is 0.243 e. The zero-order valence-electron chi connectivity index (χ0n) is 11.5. The summed E-state index contributed by atoms with van der Waals surface area (Å²) >= 11 is 0. The molecule has 0 bridgehead atoms. The molecule has 0 fully saturated rings. The molecule has 0 spiro atoms. The number of ether oxygens (including phenoxy) is 3. The maximum absolute atomic E-state index is 5.49. The number of aromatic nitrogens is 2. The minimum absolute atomic E-state index is 0.672. The van der Waals surface area contributed by atoms with Gasteiger partial charge in [-0.3, -0.25) is 0 Å². The molecule has 1 heterocycles. The second-order valence-corrected chi connectivity index (χ2v) is 4.11. The van der Waals surface area contributed by atoms with Crippen molar-refractivity contribution in [3.05, 3.63) is 18.7 Å². The monoisotopic (exact) mass is 257 g/mol. The van der Waals surface area contributed by atoms with E-state index in [1.165, 1.54) is 0 Å². The predicted octanol–water partition coefficient (Wildman–Crippen LogP) is 0.865. The van der Waals surface area contributed by atoms with E-state index >= 15 is 0 Å². The van der Waals surface area contributed by atoms with Gasteiger partial charge >= 0.3 is 0 Å². The highest BCUT2D eigenvalue weighted by Gasteiger charge is 2.02. The minimum Gasteiger partial charge on any atom is -0.381 e. The van der Waals surface area contributed by atoms with Crippen molar-refractivity contribution in [1.29, 1.82) is 0 Å². The van der Waals surface area contributed by atoms with Crippen LogP contribution in [0.15, 0.2) is 18.7 Å². The predicted molar refractivity (Wildman–Crippen MR) is 68.4 cm³/mol. The first kappa shape index (κ1) is 15.1. The van der Waals surface area contributed by atoms with Gasteiger partial charge in [-0.2, -0.15) is 0 Å².